The summed E-state index contributed by atoms with van der Waals surface area (Å²) in [6.45, 7) is 5.25. The molecule has 2 unspecified atom stereocenters. The van der Waals surface area contributed by atoms with Crippen molar-refractivity contribution in [2.75, 3.05) is 40.9 Å². The van der Waals surface area contributed by atoms with Crippen molar-refractivity contribution in [3.8, 4) is 0 Å². The van der Waals surface area contributed by atoms with Gasteiger partial charge < -0.3 is 19.1 Å². The molecule has 2 atom stereocenters. The molecule has 2 aromatic rings. The van der Waals surface area contributed by atoms with Gasteiger partial charge in [-0.15, -0.1) is 0 Å². The summed E-state index contributed by atoms with van der Waals surface area (Å²) in [5.41, 5.74) is 1.90. The van der Waals surface area contributed by atoms with Crippen molar-refractivity contribution in [3.05, 3.63) is 36.0 Å². The summed E-state index contributed by atoms with van der Waals surface area (Å²) >= 11 is 0. The summed E-state index contributed by atoms with van der Waals surface area (Å²) in [4.78, 5) is 17.5. The first-order valence-electron chi connectivity index (χ1n) is 9.09. The lowest BCUT2D eigenvalue weighted by molar-refractivity contribution is 0.0782. The van der Waals surface area contributed by atoms with Crippen molar-refractivity contribution in [3.63, 3.8) is 0 Å². The molecule has 1 amide bonds. The number of methoxy groups -OCH3 is 1. The minimum absolute atomic E-state index is 0.148. The third-order valence-corrected chi connectivity index (χ3v) is 5.44. The Morgan fingerprint density at radius 3 is 2.68 bits per heavy atom. The van der Waals surface area contributed by atoms with E-state index in [2.05, 4.69) is 36.6 Å². The SMILES string of the molecule is CCC1CN(C(=O)c2cn(CCOC)c3ccccc23)CC1N(C)C. The van der Waals surface area contributed by atoms with Crippen molar-refractivity contribution >= 4 is 16.8 Å². The van der Waals surface area contributed by atoms with E-state index in [9.17, 15) is 4.79 Å². The fourth-order valence-electron chi connectivity index (χ4n) is 3.97. The number of nitrogens with zero attached hydrogens (tertiary/aromatic N) is 3. The molecule has 1 saturated heterocycles. The number of carbonyl (C=O) groups excluding carboxylic acids is 1. The van der Waals surface area contributed by atoms with Crippen LogP contribution in [-0.4, -0.2) is 67.2 Å². The van der Waals surface area contributed by atoms with Crippen LogP contribution >= 0.6 is 0 Å². The number of rotatable bonds is 6. The molecule has 0 bridgehead atoms. The molecule has 1 aromatic carbocycles. The normalized spacial score (nSPS) is 20.8. The number of aromatic nitrogens is 1. The van der Waals surface area contributed by atoms with Gasteiger partial charge in [0.1, 0.15) is 0 Å². The maximum atomic E-state index is 13.2. The fraction of sp³-hybridized carbons (Fsp3) is 0.550. The molecule has 3 rings (SSSR count). The molecule has 0 saturated carbocycles. The summed E-state index contributed by atoms with van der Waals surface area (Å²) in [6, 6.07) is 8.58. The van der Waals surface area contributed by atoms with Crippen molar-refractivity contribution in [2.45, 2.75) is 25.9 Å². The van der Waals surface area contributed by atoms with Gasteiger partial charge >= 0.3 is 0 Å². The number of para-hydroxylation sites is 1. The molecule has 1 aliphatic heterocycles. The van der Waals surface area contributed by atoms with E-state index in [0.29, 0.717) is 18.6 Å². The van der Waals surface area contributed by atoms with Crippen LogP contribution in [0.1, 0.15) is 23.7 Å². The lowest BCUT2D eigenvalue weighted by Crippen LogP contribution is -2.36. The van der Waals surface area contributed by atoms with E-state index in [1.807, 2.05) is 29.3 Å². The van der Waals surface area contributed by atoms with E-state index < -0.39 is 0 Å². The highest BCUT2D eigenvalue weighted by Gasteiger charge is 2.36. The van der Waals surface area contributed by atoms with Gasteiger partial charge in [-0.1, -0.05) is 31.5 Å². The van der Waals surface area contributed by atoms with Gasteiger partial charge in [-0.05, 0) is 26.1 Å². The number of amides is 1. The van der Waals surface area contributed by atoms with Crippen LogP contribution < -0.4 is 0 Å². The zero-order valence-electron chi connectivity index (χ0n) is 15.7. The number of hydrogen-bond acceptors (Lipinski definition) is 3. The van der Waals surface area contributed by atoms with Gasteiger partial charge in [0.15, 0.2) is 0 Å². The molecule has 0 radical (unpaired) electrons. The predicted molar refractivity (Wildman–Crippen MR) is 101 cm³/mol. The lowest BCUT2D eigenvalue weighted by atomic mass is 10.0. The number of likely N-dealkylation sites (tertiary alicyclic amines) is 1. The molecule has 5 heteroatoms. The average Bonchev–Trinajstić information content (AvgIpc) is 3.21. The highest BCUT2D eigenvalue weighted by Crippen LogP contribution is 2.28. The lowest BCUT2D eigenvalue weighted by Gasteiger charge is -2.23. The predicted octanol–water partition coefficient (Wildman–Crippen LogP) is 2.70. The first kappa shape index (κ1) is 18.0. The van der Waals surface area contributed by atoms with Crippen molar-refractivity contribution < 1.29 is 9.53 Å². The molecule has 1 aliphatic rings. The van der Waals surface area contributed by atoms with Gasteiger partial charge in [0.05, 0.1) is 12.2 Å². The van der Waals surface area contributed by atoms with Crippen LogP contribution in [0.4, 0.5) is 0 Å². The Balaban J connectivity index is 1.90. The largest absolute Gasteiger partial charge is 0.383 e. The molecule has 136 valence electrons. The quantitative estimate of drug-likeness (QED) is 0.809. The second kappa shape index (κ2) is 7.58. The standard InChI is InChI=1S/C20H29N3O2/c1-5-15-12-23(14-19(15)21(2)3)20(24)17-13-22(10-11-25-4)18-9-7-6-8-16(17)18/h6-9,13,15,19H,5,10-12,14H2,1-4H3. The van der Waals surface area contributed by atoms with Gasteiger partial charge in [0.25, 0.3) is 5.91 Å². The summed E-state index contributed by atoms with van der Waals surface area (Å²) < 4.78 is 7.34. The number of likely N-dealkylation sites (N-methyl/N-ethyl adjacent to an activating group) is 1. The van der Waals surface area contributed by atoms with Crippen LogP contribution in [0, 0.1) is 5.92 Å². The van der Waals surface area contributed by atoms with E-state index in [-0.39, 0.29) is 5.91 Å². The number of carbonyl (C=O) groups is 1. The van der Waals surface area contributed by atoms with Crippen LogP contribution in [-0.2, 0) is 11.3 Å². The Morgan fingerprint density at radius 1 is 1.28 bits per heavy atom. The van der Waals surface area contributed by atoms with E-state index in [4.69, 9.17) is 4.74 Å². The van der Waals surface area contributed by atoms with E-state index in [0.717, 1.165) is 42.5 Å². The Hall–Kier alpha value is -1.85. The highest BCUT2D eigenvalue weighted by molar-refractivity contribution is 6.07. The minimum Gasteiger partial charge on any atom is -0.383 e. The Bertz CT molecular complexity index is 738. The number of ether oxygens (including phenoxy) is 1. The number of fused-ring (bicyclic) bond motifs is 1. The van der Waals surface area contributed by atoms with Gasteiger partial charge in [0, 0.05) is 49.9 Å². The van der Waals surface area contributed by atoms with Gasteiger partial charge in [0.2, 0.25) is 0 Å². The maximum Gasteiger partial charge on any atom is 0.256 e. The second-order valence-corrected chi connectivity index (χ2v) is 7.16. The molecule has 5 nitrogen and oxygen atoms in total. The van der Waals surface area contributed by atoms with E-state index >= 15 is 0 Å². The first-order valence-corrected chi connectivity index (χ1v) is 9.09. The molecular weight excluding hydrogens is 314 g/mol. The minimum atomic E-state index is 0.148. The van der Waals surface area contributed by atoms with Crippen LogP contribution in [0.5, 0.6) is 0 Å². The molecule has 1 aromatic heterocycles. The van der Waals surface area contributed by atoms with E-state index in [1.165, 1.54) is 0 Å². The van der Waals surface area contributed by atoms with Gasteiger partial charge in [-0.2, -0.15) is 0 Å². The summed E-state index contributed by atoms with van der Waals surface area (Å²) in [5, 5.41) is 1.03. The summed E-state index contributed by atoms with van der Waals surface area (Å²) in [6.07, 6.45) is 3.10. The second-order valence-electron chi connectivity index (χ2n) is 7.16. The molecule has 0 aliphatic carbocycles. The zero-order chi connectivity index (χ0) is 18.0. The van der Waals surface area contributed by atoms with Gasteiger partial charge in [-0.3, -0.25) is 4.79 Å². The maximum absolute atomic E-state index is 13.2. The third kappa shape index (κ3) is 3.44. The summed E-state index contributed by atoms with van der Waals surface area (Å²) in [7, 11) is 5.92. The zero-order valence-corrected chi connectivity index (χ0v) is 15.7. The van der Waals surface area contributed by atoms with Gasteiger partial charge in [-0.25, -0.2) is 0 Å². The third-order valence-electron chi connectivity index (χ3n) is 5.44. The average molecular weight is 343 g/mol. The van der Waals surface area contributed by atoms with Crippen LogP contribution in [0.25, 0.3) is 10.9 Å². The number of hydrogen-bond donors (Lipinski definition) is 0. The Labute approximate surface area is 150 Å². The highest BCUT2D eigenvalue weighted by atomic mass is 16.5. The first-order chi connectivity index (χ1) is 12.1. The Morgan fingerprint density at radius 2 is 2.04 bits per heavy atom. The van der Waals surface area contributed by atoms with Crippen molar-refractivity contribution in [1.82, 2.24) is 14.4 Å². The molecule has 0 spiro atoms. The number of benzene rings is 1. The van der Waals surface area contributed by atoms with Crippen LogP contribution in [0.3, 0.4) is 0 Å². The Kier molecular flexibility index (Phi) is 5.45. The molecular formula is C20H29N3O2. The molecule has 0 N–H and O–H groups in total. The molecule has 2 heterocycles. The van der Waals surface area contributed by atoms with Crippen LogP contribution in [0.15, 0.2) is 30.5 Å². The van der Waals surface area contributed by atoms with Crippen molar-refractivity contribution in [2.24, 2.45) is 5.92 Å². The summed E-state index contributed by atoms with van der Waals surface area (Å²) in [5.74, 6) is 0.691. The molecule has 1 fully saturated rings. The monoisotopic (exact) mass is 343 g/mol. The van der Waals surface area contributed by atoms with Crippen molar-refractivity contribution in [1.29, 1.82) is 0 Å². The topological polar surface area (TPSA) is 37.7 Å². The fourth-order valence-corrected chi connectivity index (χ4v) is 3.97. The van der Waals surface area contributed by atoms with Crippen LogP contribution in [0.2, 0.25) is 0 Å². The van der Waals surface area contributed by atoms with E-state index in [1.54, 1.807) is 7.11 Å². The smallest absolute Gasteiger partial charge is 0.256 e. The molecule has 25 heavy (non-hydrogen) atoms.